The number of hydrogen-bond donors (Lipinski definition) is 1. The van der Waals surface area contributed by atoms with Gasteiger partial charge in [-0.1, -0.05) is 13.8 Å². The maximum absolute atomic E-state index is 11.8. The highest BCUT2D eigenvalue weighted by atomic mass is 16.5. The summed E-state index contributed by atoms with van der Waals surface area (Å²) in [6.07, 6.45) is 3.93. The smallest absolute Gasteiger partial charge is 0.311 e. The molecule has 5 heteroatoms. The normalized spacial score (nSPS) is 14.2. The molecule has 0 amide bonds. The number of aromatic nitrogens is 2. The Labute approximate surface area is 108 Å². The number of aliphatic hydroxyl groups is 1. The van der Waals surface area contributed by atoms with Crippen LogP contribution in [-0.4, -0.2) is 27.2 Å². The predicted octanol–water partition coefficient (Wildman–Crippen LogP) is 1.92. The van der Waals surface area contributed by atoms with E-state index >= 15 is 0 Å². The Bertz CT molecular complexity index is 376. The van der Waals surface area contributed by atoms with E-state index in [1.165, 1.54) is 0 Å². The van der Waals surface area contributed by atoms with E-state index in [0.717, 1.165) is 13.0 Å². The van der Waals surface area contributed by atoms with E-state index in [-0.39, 0.29) is 5.97 Å². The third-order valence-electron chi connectivity index (χ3n) is 2.92. The molecular formula is C13H22N2O3. The largest absolute Gasteiger partial charge is 0.466 e. The van der Waals surface area contributed by atoms with Gasteiger partial charge in [-0.3, -0.25) is 4.79 Å². The first-order valence-electron chi connectivity index (χ1n) is 6.50. The van der Waals surface area contributed by atoms with Crippen LogP contribution < -0.4 is 0 Å². The average molecular weight is 254 g/mol. The summed E-state index contributed by atoms with van der Waals surface area (Å²) >= 11 is 0. The van der Waals surface area contributed by atoms with Crippen molar-refractivity contribution in [3.05, 3.63) is 18.2 Å². The van der Waals surface area contributed by atoms with Gasteiger partial charge in [0.2, 0.25) is 0 Å². The minimum Gasteiger partial charge on any atom is -0.466 e. The Hall–Kier alpha value is -1.36. The number of carbonyl (C=O) groups excluding carboxylic acids is 1. The SMILES string of the molecule is CCCn1cncc1C(O)C(CC)C(=O)OCC. The Morgan fingerprint density at radius 2 is 2.22 bits per heavy atom. The number of esters is 1. The summed E-state index contributed by atoms with van der Waals surface area (Å²) in [6.45, 7) is 6.80. The number of hydrogen-bond acceptors (Lipinski definition) is 4. The monoisotopic (exact) mass is 254 g/mol. The van der Waals surface area contributed by atoms with Gasteiger partial charge in [0.25, 0.3) is 0 Å². The van der Waals surface area contributed by atoms with E-state index in [1.54, 1.807) is 19.4 Å². The molecule has 0 spiro atoms. The first kappa shape index (κ1) is 14.7. The molecule has 0 saturated heterocycles. The molecule has 0 radical (unpaired) electrons. The molecule has 1 rings (SSSR count). The van der Waals surface area contributed by atoms with Crippen LogP contribution in [0.4, 0.5) is 0 Å². The molecule has 5 nitrogen and oxygen atoms in total. The zero-order valence-electron chi connectivity index (χ0n) is 11.3. The fraction of sp³-hybridized carbons (Fsp3) is 0.692. The molecule has 1 N–H and O–H groups in total. The fourth-order valence-electron chi connectivity index (χ4n) is 1.98. The minimum atomic E-state index is -0.858. The van der Waals surface area contributed by atoms with Crippen LogP contribution in [-0.2, 0) is 16.1 Å². The summed E-state index contributed by atoms with van der Waals surface area (Å²) in [5.41, 5.74) is 0.678. The van der Waals surface area contributed by atoms with E-state index in [4.69, 9.17) is 4.74 Å². The van der Waals surface area contributed by atoms with Gasteiger partial charge in [-0.2, -0.15) is 0 Å². The van der Waals surface area contributed by atoms with Gasteiger partial charge in [0.15, 0.2) is 0 Å². The van der Waals surface area contributed by atoms with Gasteiger partial charge < -0.3 is 14.4 Å². The second kappa shape index (κ2) is 7.16. The maximum atomic E-state index is 11.8. The average Bonchev–Trinajstić information content (AvgIpc) is 2.79. The summed E-state index contributed by atoms with van der Waals surface area (Å²) in [6, 6.07) is 0. The molecule has 0 aromatic carbocycles. The molecule has 1 aromatic heterocycles. The van der Waals surface area contributed by atoms with Crippen LogP contribution in [0.5, 0.6) is 0 Å². The van der Waals surface area contributed by atoms with Crippen molar-refractivity contribution in [2.75, 3.05) is 6.61 Å². The highest BCUT2D eigenvalue weighted by molar-refractivity contribution is 5.73. The lowest BCUT2D eigenvalue weighted by atomic mass is 9.97. The molecule has 2 unspecified atom stereocenters. The van der Waals surface area contributed by atoms with Crippen LogP contribution >= 0.6 is 0 Å². The molecular weight excluding hydrogens is 232 g/mol. The third-order valence-corrected chi connectivity index (χ3v) is 2.92. The van der Waals surface area contributed by atoms with E-state index in [2.05, 4.69) is 11.9 Å². The van der Waals surface area contributed by atoms with E-state index in [9.17, 15) is 9.90 Å². The number of aryl methyl sites for hydroxylation is 1. The molecule has 0 aliphatic carbocycles. The van der Waals surface area contributed by atoms with Crippen molar-refractivity contribution in [2.45, 2.75) is 46.3 Å². The molecule has 102 valence electrons. The Morgan fingerprint density at radius 1 is 1.50 bits per heavy atom. The second-order valence-corrected chi connectivity index (χ2v) is 4.22. The maximum Gasteiger partial charge on any atom is 0.311 e. The number of carbonyl (C=O) groups is 1. The van der Waals surface area contributed by atoms with Crippen LogP contribution in [0.2, 0.25) is 0 Å². The first-order chi connectivity index (χ1) is 8.65. The van der Waals surface area contributed by atoms with E-state index < -0.39 is 12.0 Å². The lowest BCUT2D eigenvalue weighted by Crippen LogP contribution is -2.25. The Morgan fingerprint density at radius 3 is 2.78 bits per heavy atom. The van der Waals surface area contributed by atoms with Gasteiger partial charge in [0, 0.05) is 6.54 Å². The Kier molecular flexibility index (Phi) is 5.85. The molecule has 2 atom stereocenters. The van der Waals surface area contributed by atoms with E-state index in [1.807, 2.05) is 11.5 Å². The fourth-order valence-corrected chi connectivity index (χ4v) is 1.98. The molecule has 0 saturated carbocycles. The number of aliphatic hydroxyl groups excluding tert-OH is 1. The predicted molar refractivity (Wildman–Crippen MR) is 67.9 cm³/mol. The molecule has 0 aliphatic heterocycles. The van der Waals surface area contributed by atoms with Gasteiger partial charge >= 0.3 is 5.97 Å². The third kappa shape index (κ3) is 3.32. The van der Waals surface area contributed by atoms with Crippen molar-refractivity contribution in [2.24, 2.45) is 5.92 Å². The summed E-state index contributed by atoms with van der Waals surface area (Å²) in [5.74, 6) is -0.881. The van der Waals surface area contributed by atoms with Crippen LogP contribution in [0.25, 0.3) is 0 Å². The van der Waals surface area contributed by atoms with Crippen molar-refractivity contribution in [1.29, 1.82) is 0 Å². The highest BCUT2D eigenvalue weighted by Gasteiger charge is 2.29. The van der Waals surface area contributed by atoms with Crippen molar-refractivity contribution >= 4 is 5.97 Å². The van der Waals surface area contributed by atoms with Crippen LogP contribution in [0, 0.1) is 5.92 Å². The number of nitrogens with zero attached hydrogens (tertiary/aromatic N) is 2. The lowest BCUT2D eigenvalue weighted by Gasteiger charge is -2.21. The lowest BCUT2D eigenvalue weighted by molar-refractivity contribution is -0.152. The zero-order chi connectivity index (χ0) is 13.5. The zero-order valence-corrected chi connectivity index (χ0v) is 11.3. The minimum absolute atomic E-state index is 0.330. The summed E-state index contributed by atoms with van der Waals surface area (Å²) in [5, 5.41) is 10.3. The highest BCUT2D eigenvalue weighted by Crippen LogP contribution is 2.25. The topological polar surface area (TPSA) is 64.3 Å². The van der Waals surface area contributed by atoms with Gasteiger partial charge in [0.1, 0.15) is 6.10 Å². The molecule has 1 aromatic rings. The van der Waals surface area contributed by atoms with Gasteiger partial charge in [-0.15, -0.1) is 0 Å². The first-order valence-corrected chi connectivity index (χ1v) is 6.50. The number of imidazole rings is 1. The Balaban J connectivity index is 2.85. The quantitative estimate of drug-likeness (QED) is 0.755. The van der Waals surface area contributed by atoms with Gasteiger partial charge in [-0.25, -0.2) is 4.98 Å². The van der Waals surface area contributed by atoms with E-state index in [0.29, 0.717) is 18.7 Å². The van der Waals surface area contributed by atoms with Crippen LogP contribution in [0.3, 0.4) is 0 Å². The van der Waals surface area contributed by atoms with Gasteiger partial charge in [-0.05, 0) is 19.8 Å². The second-order valence-electron chi connectivity index (χ2n) is 4.22. The van der Waals surface area contributed by atoms with Gasteiger partial charge in [0.05, 0.1) is 30.7 Å². The molecule has 18 heavy (non-hydrogen) atoms. The van der Waals surface area contributed by atoms with Crippen LogP contribution in [0.1, 0.15) is 45.4 Å². The molecule has 1 heterocycles. The number of rotatable bonds is 7. The van der Waals surface area contributed by atoms with Crippen molar-refractivity contribution < 1.29 is 14.6 Å². The summed E-state index contributed by atoms with van der Waals surface area (Å²) < 4.78 is 6.87. The van der Waals surface area contributed by atoms with Crippen LogP contribution in [0.15, 0.2) is 12.5 Å². The molecule has 0 aliphatic rings. The standard InChI is InChI=1S/C13H22N2O3/c1-4-7-15-9-14-8-11(15)12(16)10(5-2)13(17)18-6-3/h8-10,12,16H,4-7H2,1-3H3. The summed E-state index contributed by atoms with van der Waals surface area (Å²) in [4.78, 5) is 15.8. The van der Waals surface area contributed by atoms with Crippen molar-refractivity contribution in [3.8, 4) is 0 Å². The molecule has 0 fully saturated rings. The van der Waals surface area contributed by atoms with Crippen molar-refractivity contribution in [1.82, 2.24) is 9.55 Å². The molecule has 0 bridgehead atoms. The van der Waals surface area contributed by atoms with Crippen molar-refractivity contribution in [3.63, 3.8) is 0 Å². The summed E-state index contributed by atoms with van der Waals surface area (Å²) in [7, 11) is 0. The number of ether oxygens (including phenoxy) is 1.